The monoisotopic (exact) mass is 375 g/mol. The van der Waals surface area contributed by atoms with Gasteiger partial charge in [-0.05, 0) is 43.2 Å². The topological polar surface area (TPSA) is 57.0 Å². The first kappa shape index (κ1) is 16.8. The maximum absolute atomic E-state index is 12.2. The second-order valence-electron chi connectivity index (χ2n) is 6.06. The molecule has 1 fully saturated rings. The van der Waals surface area contributed by atoms with Crippen LogP contribution in [0.4, 0.5) is 8.78 Å². The summed E-state index contributed by atoms with van der Waals surface area (Å²) < 4.78 is 30.2. The molecule has 0 atom stereocenters. The van der Waals surface area contributed by atoms with Gasteiger partial charge in [0.05, 0.1) is 17.9 Å². The van der Waals surface area contributed by atoms with Crippen molar-refractivity contribution in [2.24, 2.45) is 0 Å². The Morgan fingerprint density at radius 1 is 1.19 bits per heavy atom. The molecular formula is C18H15F2N3O2S. The van der Waals surface area contributed by atoms with E-state index in [4.69, 9.17) is 0 Å². The average molecular weight is 375 g/mol. The van der Waals surface area contributed by atoms with Gasteiger partial charge in [0.2, 0.25) is 0 Å². The van der Waals surface area contributed by atoms with Crippen molar-refractivity contribution < 1.29 is 13.5 Å². The molecule has 0 amide bonds. The molecular weight excluding hydrogens is 360 g/mol. The van der Waals surface area contributed by atoms with E-state index < -0.39 is 6.61 Å². The van der Waals surface area contributed by atoms with Crippen molar-refractivity contribution in [3.8, 4) is 17.0 Å². The van der Waals surface area contributed by atoms with Gasteiger partial charge in [0, 0.05) is 22.9 Å². The number of thiazole rings is 1. The van der Waals surface area contributed by atoms with Crippen molar-refractivity contribution >= 4 is 11.3 Å². The molecule has 8 heteroatoms. The average Bonchev–Trinajstić information content (AvgIpc) is 3.37. The highest BCUT2D eigenvalue weighted by Crippen LogP contribution is 2.40. The van der Waals surface area contributed by atoms with E-state index >= 15 is 0 Å². The van der Waals surface area contributed by atoms with Crippen LogP contribution < -0.4 is 10.3 Å². The predicted molar refractivity (Wildman–Crippen MR) is 93.8 cm³/mol. The van der Waals surface area contributed by atoms with Crippen molar-refractivity contribution in [1.82, 2.24) is 14.8 Å². The van der Waals surface area contributed by atoms with Gasteiger partial charge >= 0.3 is 6.61 Å². The van der Waals surface area contributed by atoms with Crippen molar-refractivity contribution in [2.45, 2.75) is 31.9 Å². The first-order valence-electron chi connectivity index (χ1n) is 8.16. The van der Waals surface area contributed by atoms with Gasteiger partial charge in [-0.2, -0.15) is 13.9 Å². The van der Waals surface area contributed by atoms with Gasteiger partial charge in [-0.25, -0.2) is 9.67 Å². The second kappa shape index (κ2) is 6.95. The molecule has 26 heavy (non-hydrogen) atoms. The third kappa shape index (κ3) is 3.80. The van der Waals surface area contributed by atoms with Gasteiger partial charge in [0.25, 0.3) is 5.56 Å². The summed E-state index contributed by atoms with van der Waals surface area (Å²) in [7, 11) is 0. The summed E-state index contributed by atoms with van der Waals surface area (Å²) in [5.74, 6) is 0.650. The normalized spacial score (nSPS) is 14.0. The van der Waals surface area contributed by atoms with Gasteiger partial charge in [0.1, 0.15) is 10.8 Å². The fourth-order valence-electron chi connectivity index (χ4n) is 2.62. The van der Waals surface area contributed by atoms with Gasteiger partial charge in [-0.15, -0.1) is 11.3 Å². The minimum atomic E-state index is -2.86. The SMILES string of the molecule is O=c1ccc(-c2ccc(OC(F)F)cc2)nn1Cc1nc(C2CC2)cs1. The molecule has 0 aliphatic heterocycles. The Bertz CT molecular complexity index is 965. The van der Waals surface area contributed by atoms with Crippen molar-refractivity contribution in [3.63, 3.8) is 0 Å². The molecule has 0 saturated heterocycles. The number of nitrogens with zero attached hydrogens (tertiary/aromatic N) is 3. The maximum Gasteiger partial charge on any atom is 0.387 e. The van der Waals surface area contributed by atoms with Crippen LogP contribution in [0.25, 0.3) is 11.3 Å². The molecule has 0 bridgehead atoms. The number of alkyl halides is 2. The minimum absolute atomic E-state index is 0.0764. The lowest BCUT2D eigenvalue weighted by atomic mass is 10.1. The Hall–Kier alpha value is -2.61. The van der Waals surface area contributed by atoms with Crippen LogP contribution >= 0.6 is 11.3 Å². The van der Waals surface area contributed by atoms with E-state index in [1.807, 2.05) is 5.38 Å². The summed E-state index contributed by atoms with van der Waals surface area (Å²) >= 11 is 1.53. The van der Waals surface area contributed by atoms with Gasteiger partial charge < -0.3 is 4.74 Å². The Morgan fingerprint density at radius 2 is 1.96 bits per heavy atom. The Morgan fingerprint density at radius 3 is 2.65 bits per heavy atom. The van der Waals surface area contributed by atoms with Crippen LogP contribution in [0.2, 0.25) is 0 Å². The second-order valence-corrected chi connectivity index (χ2v) is 7.00. The summed E-state index contributed by atoms with van der Waals surface area (Å²) in [5, 5.41) is 7.27. The highest BCUT2D eigenvalue weighted by Gasteiger charge is 2.26. The zero-order valence-corrected chi connectivity index (χ0v) is 14.5. The summed E-state index contributed by atoms with van der Waals surface area (Å²) in [4.78, 5) is 16.7. The number of benzene rings is 1. The number of halogens is 2. The summed E-state index contributed by atoms with van der Waals surface area (Å²) in [6, 6.07) is 9.20. The van der Waals surface area contributed by atoms with Crippen LogP contribution in [-0.4, -0.2) is 21.4 Å². The van der Waals surface area contributed by atoms with Gasteiger partial charge in [-0.3, -0.25) is 4.79 Å². The van der Waals surface area contributed by atoms with Crippen molar-refractivity contribution in [3.05, 3.63) is 62.8 Å². The van der Waals surface area contributed by atoms with Crippen LogP contribution in [0.15, 0.2) is 46.6 Å². The maximum atomic E-state index is 12.2. The van der Waals surface area contributed by atoms with Gasteiger partial charge in [0.15, 0.2) is 0 Å². The van der Waals surface area contributed by atoms with Crippen LogP contribution in [0.3, 0.4) is 0 Å². The number of aromatic nitrogens is 3. The fourth-order valence-corrected chi connectivity index (χ4v) is 3.47. The number of rotatable bonds is 6. The molecule has 0 spiro atoms. The summed E-state index contributed by atoms with van der Waals surface area (Å²) in [5.41, 5.74) is 2.17. The van der Waals surface area contributed by atoms with E-state index in [2.05, 4.69) is 14.8 Å². The van der Waals surface area contributed by atoms with Crippen LogP contribution in [0.1, 0.15) is 29.5 Å². The Kier molecular flexibility index (Phi) is 4.50. The smallest absolute Gasteiger partial charge is 0.387 e. The summed E-state index contributed by atoms with van der Waals surface area (Å²) in [6.07, 6.45) is 2.37. The third-order valence-electron chi connectivity index (χ3n) is 4.09. The van der Waals surface area contributed by atoms with E-state index in [0.29, 0.717) is 23.7 Å². The quantitative estimate of drug-likeness (QED) is 0.656. The lowest BCUT2D eigenvalue weighted by molar-refractivity contribution is -0.0498. The van der Waals surface area contributed by atoms with Crippen molar-refractivity contribution in [1.29, 1.82) is 0 Å². The standard InChI is InChI=1S/C18H15F2N3O2S/c19-18(20)25-13-5-3-11(4-6-13)14-7-8-17(24)23(22-14)9-16-21-15(10-26-16)12-1-2-12/h3-8,10,12,18H,1-2,9H2. The highest BCUT2D eigenvalue weighted by molar-refractivity contribution is 7.09. The molecule has 2 heterocycles. The first-order chi connectivity index (χ1) is 12.6. The molecule has 2 aromatic heterocycles. The number of hydrogen-bond donors (Lipinski definition) is 0. The molecule has 1 saturated carbocycles. The van der Waals surface area contributed by atoms with Crippen LogP contribution in [0, 0.1) is 0 Å². The molecule has 1 aliphatic carbocycles. The van der Waals surface area contributed by atoms with E-state index in [1.54, 1.807) is 18.2 Å². The van der Waals surface area contributed by atoms with Gasteiger partial charge in [-0.1, -0.05) is 0 Å². The molecule has 134 valence electrons. The summed E-state index contributed by atoms with van der Waals surface area (Å²) in [6.45, 7) is -2.55. The molecule has 0 unspecified atom stereocenters. The zero-order chi connectivity index (χ0) is 18.1. The van der Waals surface area contributed by atoms with Crippen LogP contribution in [0.5, 0.6) is 5.75 Å². The molecule has 1 aliphatic rings. The lowest BCUT2D eigenvalue weighted by Gasteiger charge is -2.07. The van der Waals surface area contributed by atoms with E-state index in [-0.39, 0.29) is 11.3 Å². The Balaban J connectivity index is 1.56. The highest BCUT2D eigenvalue weighted by atomic mass is 32.1. The largest absolute Gasteiger partial charge is 0.435 e. The Labute approximate surface area is 151 Å². The van der Waals surface area contributed by atoms with E-state index in [9.17, 15) is 13.6 Å². The lowest BCUT2D eigenvalue weighted by Crippen LogP contribution is -2.22. The molecule has 1 aromatic carbocycles. The fraction of sp³-hybridized carbons (Fsp3) is 0.278. The van der Waals surface area contributed by atoms with E-state index in [0.717, 1.165) is 10.7 Å². The first-order valence-corrected chi connectivity index (χ1v) is 9.04. The van der Waals surface area contributed by atoms with E-state index in [1.165, 1.54) is 47.1 Å². The zero-order valence-electron chi connectivity index (χ0n) is 13.6. The predicted octanol–water partition coefficient (Wildman–Crippen LogP) is 3.89. The molecule has 0 radical (unpaired) electrons. The number of ether oxygens (including phenoxy) is 1. The van der Waals surface area contributed by atoms with Crippen molar-refractivity contribution in [2.75, 3.05) is 0 Å². The molecule has 5 nitrogen and oxygen atoms in total. The number of hydrogen-bond acceptors (Lipinski definition) is 5. The molecule has 3 aromatic rings. The van der Waals surface area contributed by atoms with Crippen LogP contribution in [-0.2, 0) is 6.54 Å². The minimum Gasteiger partial charge on any atom is -0.435 e. The molecule has 4 rings (SSSR count). The third-order valence-corrected chi connectivity index (χ3v) is 4.94. The molecule has 0 N–H and O–H groups in total.